The SMILES string of the molecule is CC.CNC1CCC(O)C1F.COC(C)(C)OC. The number of aliphatic hydroxyl groups is 1. The molecule has 0 amide bonds. The third-order valence-corrected chi connectivity index (χ3v) is 2.88. The molecule has 112 valence electrons. The van der Waals surface area contributed by atoms with Crippen molar-refractivity contribution < 1.29 is 19.0 Å². The van der Waals surface area contributed by atoms with Crippen LogP contribution in [-0.4, -0.2) is 50.5 Å². The molecule has 0 aromatic rings. The summed E-state index contributed by atoms with van der Waals surface area (Å²) in [5.74, 6) is -0.417. The molecule has 5 heteroatoms. The molecule has 0 spiro atoms. The van der Waals surface area contributed by atoms with E-state index in [0.29, 0.717) is 6.42 Å². The number of hydrogen-bond acceptors (Lipinski definition) is 4. The number of nitrogens with one attached hydrogen (secondary N) is 1. The summed E-state index contributed by atoms with van der Waals surface area (Å²) < 4.78 is 22.4. The smallest absolute Gasteiger partial charge is 0.161 e. The molecular weight excluding hydrogens is 237 g/mol. The number of rotatable bonds is 3. The molecule has 0 heterocycles. The maximum absolute atomic E-state index is 12.7. The van der Waals surface area contributed by atoms with Crippen LogP contribution in [0.3, 0.4) is 0 Å². The van der Waals surface area contributed by atoms with E-state index in [1.807, 2.05) is 27.7 Å². The maximum atomic E-state index is 12.7. The van der Waals surface area contributed by atoms with Crippen LogP contribution in [-0.2, 0) is 9.47 Å². The van der Waals surface area contributed by atoms with E-state index < -0.39 is 18.1 Å². The van der Waals surface area contributed by atoms with Crippen LogP contribution in [0.15, 0.2) is 0 Å². The van der Waals surface area contributed by atoms with Crippen LogP contribution in [0.4, 0.5) is 4.39 Å². The topological polar surface area (TPSA) is 50.7 Å². The van der Waals surface area contributed by atoms with E-state index in [9.17, 15) is 4.39 Å². The van der Waals surface area contributed by atoms with Crippen molar-refractivity contribution in [1.82, 2.24) is 5.32 Å². The lowest BCUT2D eigenvalue weighted by molar-refractivity contribution is -0.178. The first kappa shape index (κ1) is 20.1. The zero-order valence-electron chi connectivity index (χ0n) is 12.8. The monoisotopic (exact) mass is 267 g/mol. The summed E-state index contributed by atoms with van der Waals surface area (Å²) in [5.41, 5.74) is 0. The van der Waals surface area contributed by atoms with E-state index in [0.717, 1.165) is 6.42 Å². The minimum Gasteiger partial charge on any atom is -0.390 e. The molecule has 1 fully saturated rings. The average molecular weight is 267 g/mol. The van der Waals surface area contributed by atoms with Crippen molar-refractivity contribution in [1.29, 1.82) is 0 Å². The highest BCUT2D eigenvalue weighted by Gasteiger charge is 2.33. The predicted molar refractivity (Wildman–Crippen MR) is 72.4 cm³/mol. The number of ether oxygens (including phenoxy) is 2. The second-order valence-corrected chi connectivity index (χ2v) is 4.29. The molecule has 1 rings (SSSR count). The summed E-state index contributed by atoms with van der Waals surface area (Å²) >= 11 is 0. The van der Waals surface area contributed by atoms with Gasteiger partial charge in [-0.1, -0.05) is 13.8 Å². The van der Waals surface area contributed by atoms with Gasteiger partial charge in [-0.05, 0) is 33.7 Å². The highest BCUT2D eigenvalue weighted by atomic mass is 19.1. The Balaban J connectivity index is 0. The number of aliphatic hydroxyl groups excluding tert-OH is 1. The Morgan fingerprint density at radius 1 is 1.17 bits per heavy atom. The Morgan fingerprint density at radius 3 is 1.72 bits per heavy atom. The maximum Gasteiger partial charge on any atom is 0.161 e. The van der Waals surface area contributed by atoms with Gasteiger partial charge in [0, 0.05) is 20.3 Å². The predicted octanol–water partition coefficient (Wildman–Crippen LogP) is 2.11. The Kier molecular flexibility index (Phi) is 11.9. The van der Waals surface area contributed by atoms with Gasteiger partial charge in [0.1, 0.15) is 6.17 Å². The summed E-state index contributed by atoms with van der Waals surface area (Å²) in [6, 6.07) is -0.125. The van der Waals surface area contributed by atoms with Crippen molar-refractivity contribution in [3.05, 3.63) is 0 Å². The first-order valence-electron chi connectivity index (χ1n) is 6.47. The van der Waals surface area contributed by atoms with Gasteiger partial charge in [-0.3, -0.25) is 0 Å². The van der Waals surface area contributed by atoms with Gasteiger partial charge in [0.25, 0.3) is 0 Å². The second-order valence-electron chi connectivity index (χ2n) is 4.29. The standard InChI is InChI=1S/C6H12FNO.C5H12O2.C2H6/c1-8-4-2-3-5(9)6(4)7;1-5(2,6-3)7-4;1-2/h4-6,8-9H,2-3H2,1H3;1-4H3;1-2H3. The van der Waals surface area contributed by atoms with E-state index in [2.05, 4.69) is 5.32 Å². The fourth-order valence-corrected chi connectivity index (χ4v) is 1.32. The molecule has 0 aromatic carbocycles. The van der Waals surface area contributed by atoms with Crippen LogP contribution in [0, 0.1) is 0 Å². The van der Waals surface area contributed by atoms with E-state index in [4.69, 9.17) is 14.6 Å². The molecule has 0 aromatic heterocycles. The molecular formula is C13H30FNO3. The van der Waals surface area contributed by atoms with Crippen molar-refractivity contribution in [2.24, 2.45) is 0 Å². The lowest BCUT2D eigenvalue weighted by Gasteiger charge is -2.19. The zero-order valence-corrected chi connectivity index (χ0v) is 12.8. The largest absolute Gasteiger partial charge is 0.390 e. The van der Waals surface area contributed by atoms with E-state index in [-0.39, 0.29) is 6.04 Å². The van der Waals surface area contributed by atoms with Crippen molar-refractivity contribution in [2.45, 2.75) is 64.6 Å². The second kappa shape index (κ2) is 10.7. The number of hydrogen-bond donors (Lipinski definition) is 2. The van der Waals surface area contributed by atoms with Crippen LogP contribution >= 0.6 is 0 Å². The molecule has 0 saturated heterocycles. The Morgan fingerprint density at radius 2 is 1.61 bits per heavy atom. The summed E-state index contributed by atoms with van der Waals surface area (Å²) in [4.78, 5) is 0. The highest BCUT2D eigenvalue weighted by Crippen LogP contribution is 2.21. The summed E-state index contributed by atoms with van der Waals surface area (Å²) in [5, 5.41) is 11.7. The summed E-state index contributed by atoms with van der Waals surface area (Å²) in [6.07, 6.45) is -0.455. The van der Waals surface area contributed by atoms with Gasteiger partial charge in [0.15, 0.2) is 5.79 Å². The summed E-state index contributed by atoms with van der Waals surface area (Å²) in [7, 11) is 4.95. The fraction of sp³-hybridized carbons (Fsp3) is 1.00. The highest BCUT2D eigenvalue weighted by molar-refractivity contribution is 4.88. The third-order valence-electron chi connectivity index (χ3n) is 2.88. The molecule has 1 aliphatic rings. The minimum absolute atomic E-state index is 0.125. The molecule has 1 aliphatic carbocycles. The van der Waals surface area contributed by atoms with Crippen LogP contribution in [0.5, 0.6) is 0 Å². The minimum atomic E-state index is -1.06. The van der Waals surface area contributed by atoms with Crippen LogP contribution < -0.4 is 5.32 Å². The molecule has 1 saturated carbocycles. The summed E-state index contributed by atoms with van der Waals surface area (Å²) in [6.45, 7) is 7.71. The van der Waals surface area contributed by atoms with Gasteiger partial charge in [-0.2, -0.15) is 0 Å². The first-order chi connectivity index (χ1) is 8.37. The van der Waals surface area contributed by atoms with Crippen LogP contribution in [0.25, 0.3) is 0 Å². The van der Waals surface area contributed by atoms with Gasteiger partial charge >= 0.3 is 0 Å². The van der Waals surface area contributed by atoms with E-state index in [1.165, 1.54) is 0 Å². The van der Waals surface area contributed by atoms with Crippen molar-refractivity contribution in [3.8, 4) is 0 Å². The van der Waals surface area contributed by atoms with Gasteiger partial charge in [-0.15, -0.1) is 0 Å². The molecule has 0 aliphatic heterocycles. The zero-order chi connectivity index (χ0) is 14.8. The van der Waals surface area contributed by atoms with Crippen molar-refractivity contribution in [2.75, 3.05) is 21.3 Å². The molecule has 4 nitrogen and oxygen atoms in total. The molecule has 3 atom stereocenters. The molecule has 3 unspecified atom stereocenters. The first-order valence-corrected chi connectivity index (χ1v) is 6.47. The normalized spacial score (nSPS) is 26.8. The van der Waals surface area contributed by atoms with Gasteiger partial charge in [0.05, 0.1) is 6.10 Å². The van der Waals surface area contributed by atoms with Crippen LogP contribution in [0.2, 0.25) is 0 Å². The Hall–Kier alpha value is -0.230. The molecule has 2 N–H and O–H groups in total. The Bertz CT molecular complexity index is 185. The average Bonchev–Trinajstić information content (AvgIpc) is 2.72. The number of methoxy groups -OCH3 is 2. The number of alkyl halides is 1. The van der Waals surface area contributed by atoms with Crippen molar-refractivity contribution >= 4 is 0 Å². The molecule has 18 heavy (non-hydrogen) atoms. The lowest BCUT2D eigenvalue weighted by Crippen LogP contribution is -2.34. The van der Waals surface area contributed by atoms with E-state index in [1.54, 1.807) is 21.3 Å². The Labute approximate surface area is 111 Å². The molecule has 0 bridgehead atoms. The third kappa shape index (κ3) is 7.97. The van der Waals surface area contributed by atoms with Gasteiger partial charge in [-0.25, -0.2) is 4.39 Å². The fourth-order valence-electron chi connectivity index (χ4n) is 1.32. The molecule has 0 radical (unpaired) electrons. The number of halogens is 1. The lowest BCUT2D eigenvalue weighted by atomic mass is 10.2. The van der Waals surface area contributed by atoms with Gasteiger partial charge in [0.2, 0.25) is 0 Å². The van der Waals surface area contributed by atoms with E-state index >= 15 is 0 Å². The van der Waals surface area contributed by atoms with Gasteiger partial charge < -0.3 is 19.9 Å². The van der Waals surface area contributed by atoms with Crippen molar-refractivity contribution in [3.63, 3.8) is 0 Å². The quantitative estimate of drug-likeness (QED) is 0.769. The van der Waals surface area contributed by atoms with Crippen LogP contribution in [0.1, 0.15) is 40.5 Å².